The van der Waals surface area contributed by atoms with Gasteiger partial charge in [-0.1, -0.05) is 0 Å². The van der Waals surface area contributed by atoms with Crippen LogP contribution in [0.3, 0.4) is 0 Å². The summed E-state index contributed by atoms with van der Waals surface area (Å²) >= 11 is 0. The fraction of sp³-hybridized carbons (Fsp3) is 0.588. The third kappa shape index (κ3) is 2.90. The molecule has 1 amide bonds. The largest absolute Gasteiger partial charge is 0.497 e. The summed E-state index contributed by atoms with van der Waals surface area (Å²) in [6.45, 7) is 0. The van der Waals surface area contributed by atoms with Crippen molar-refractivity contribution in [2.24, 2.45) is 0 Å². The zero-order valence-corrected chi connectivity index (χ0v) is 13.5. The lowest BCUT2D eigenvalue weighted by molar-refractivity contribution is 0.0681. The second-order valence-electron chi connectivity index (χ2n) is 6.28. The molecule has 2 bridgehead atoms. The molecular formula is C17H24N2O3. The van der Waals surface area contributed by atoms with Crippen LogP contribution in [0.1, 0.15) is 36.0 Å². The highest BCUT2D eigenvalue weighted by Crippen LogP contribution is 2.30. The summed E-state index contributed by atoms with van der Waals surface area (Å²) in [7, 11) is 5.10. The van der Waals surface area contributed by atoms with Crippen molar-refractivity contribution < 1.29 is 14.3 Å². The molecule has 2 unspecified atom stereocenters. The molecule has 22 heavy (non-hydrogen) atoms. The molecule has 1 aromatic carbocycles. The number of ether oxygens (including phenoxy) is 2. The van der Waals surface area contributed by atoms with Crippen molar-refractivity contribution in [1.29, 1.82) is 0 Å². The van der Waals surface area contributed by atoms with E-state index in [0.29, 0.717) is 35.2 Å². The van der Waals surface area contributed by atoms with Gasteiger partial charge in [0.1, 0.15) is 11.5 Å². The van der Waals surface area contributed by atoms with Crippen molar-refractivity contribution in [3.8, 4) is 11.5 Å². The number of carbonyl (C=O) groups excluding carboxylic acids is 1. The first kappa shape index (κ1) is 15.2. The molecule has 2 saturated heterocycles. The van der Waals surface area contributed by atoms with Crippen LogP contribution in [-0.2, 0) is 0 Å². The van der Waals surface area contributed by atoms with Crippen molar-refractivity contribution >= 4 is 5.91 Å². The first-order valence-corrected chi connectivity index (χ1v) is 7.87. The van der Waals surface area contributed by atoms with Crippen molar-refractivity contribution in [3.63, 3.8) is 0 Å². The zero-order valence-electron chi connectivity index (χ0n) is 13.5. The van der Waals surface area contributed by atoms with Crippen LogP contribution in [-0.4, -0.2) is 50.2 Å². The highest BCUT2D eigenvalue weighted by molar-refractivity contribution is 5.95. The van der Waals surface area contributed by atoms with Gasteiger partial charge in [-0.3, -0.25) is 4.79 Å². The molecule has 2 aliphatic rings. The van der Waals surface area contributed by atoms with Crippen LogP contribution in [0.2, 0.25) is 0 Å². The number of nitrogens with one attached hydrogen (secondary N) is 1. The normalized spacial score (nSPS) is 26.6. The molecule has 5 heteroatoms. The molecule has 2 aliphatic heterocycles. The molecule has 0 aromatic heterocycles. The molecular weight excluding hydrogens is 280 g/mol. The molecule has 2 heterocycles. The van der Waals surface area contributed by atoms with Crippen LogP contribution in [0.5, 0.6) is 11.5 Å². The number of hydrogen-bond acceptors (Lipinski definition) is 4. The third-order valence-corrected chi connectivity index (χ3v) is 4.91. The number of piperidine rings is 1. The van der Waals surface area contributed by atoms with E-state index >= 15 is 0 Å². The van der Waals surface area contributed by atoms with Crippen LogP contribution in [0.25, 0.3) is 0 Å². The Labute approximate surface area is 131 Å². The van der Waals surface area contributed by atoms with Crippen LogP contribution in [0.4, 0.5) is 0 Å². The second-order valence-corrected chi connectivity index (χ2v) is 6.28. The summed E-state index contributed by atoms with van der Waals surface area (Å²) in [6.07, 6.45) is 4.55. The Hall–Kier alpha value is -1.75. The SMILES string of the molecule is COc1cc(OC)cc(C(=O)N(C)C2CC3CCC(C2)N3)c1. The first-order chi connectivity index (χ1) is 10.6. The van der Waals surface area contributed by atoms with Gasteiger partial charge in [0.15, 0.2) is 0 Å². The van der Waals surface area contributed by atoms with E-state index in [2.05, 4.69) is 5.32 Å². The quantitative estimate of drug-likeness (QED) is 0.925. The summed E-state index contributed by atoms with van der Waals surface area (Å²) in [4.78, 5) is 14.7. The molecule has 0 radical (unpaired) electrons. The highest BCUT2D eigenvalue weighted by atomic mass is 16.5. The van der Waals surface area contributed by atoms with E-state index in [0.717, 1.165) is 12.8 Å². The number of hydrogen-bond donors (Lipinski definition) is 1. The lowest BCUT2D eigenvalue weighted by atomic mass is 9.98. The molecule has 1 aromatic rings. The predicted octanol–water partition coefficient (Wildman–Crippen LogP) is 2.06. The Kier molecular flexibility index (Phi) is 4.25. The van der Waals surface area contributed by atoms with Gasteiger partial charge in [0.2, 0.25) is 0 Å². The van der Waals surface area contributed by atoms with Gasteiger partial charge in [0.25, 0.3) is 5.91 Å². The molecule has 3 rings (SSSR count). The smallest absolute Gasteiger partial charge is 0.254 e. The number of nitrogens with zero attached hydrogens (tertiary/aromatic N) is 1. The van der Waals surface area contributed by atoms with E-state index in [1.807, 2.05) is 11.9 Å². The Morgan fingerprint density at radius 2 is 1.64 bits per heavy atom. The van der Waals surface area contributed by atoms with E-state index < -0.39 is 0 Å². The monoisotopic (exact) mass is 304 g/mol. The number of carbonyl (C=O) groups is 1. The van der Waals surface area contributed by atoms with Gasteiger partial charge >= 0.3 is 0 Å². The van der Waals surface area contributed by atoms with Gasteiger partial charge < -0.3 is 19.7 Å². The average molecular weight is 304 g/mol. The number of benzene rings is 1. The minimum Gasteiger partial charge on any atom is -0.497 e. The Balaban J connectivity index is 1.78. The molecule has 5 nitrogen and oxygen atoms in total. The number of methoxy groups -OCH3 is 2. The average Bonchev–Trinajstić information content (AvgIpc) is 2.90. The van der Waals surface area contributed by atoms with E-state index in [1.54, 1.807) is 32.4 Å². The number of amides is 1. The maximum Gasteiger partial charge on any atom is 0.254 e. The van der Waals surface area contributed by atoms with Crippen molar-refractivity contribution in [3.05, 3.63) is 23.8 Å². The molecule has 0 saturated carbocycles. The summed E-state index contributed by atoms with van der Waals surface area (Å²) in [5.41, 5.74) is 0.615. The maximum absolute atomic E-state index is 12.8. The standard InChI is InChI=1S/C17H24N2O3/c1-19(14-8-12-4-5-13(9-14)18-12)17(20)11-6-15(21-2)10-16(7-11)22-3/h6-7,10,12-14,18H,4-5,8-9H2,1-3H3. The van der Waals surface area contributed by atoms with E-state index in [1.165, 1.54) is 12.8 Å². The summed E-state index contributed by atoms with van der Waals surface area (Å²) < 4.78 is 10.5. The van der Waals surface area contributed by atoms with Crippen molar-refractivity contribution in [2.75, 3.05) is 21.3 Å². The maximum atomic E-state index is 12.8. The second kappa shape index (κ2) is 6.16. The highest BCUT2D eigenvalue weighted by Gasteiger charge is 2.36. The van der Waals surface area contributed by atoms with Gasteiger partial charge in [-0.15, -0.1) is 0 Å². The van der Waals surface area contributed by atoms with Gasteiger partial charge in [0.05, 0.1) is 14.2 Å². The van der Waals surface area contributed by atoms with Crippen molar-refractivity contribution in [2.45, 2.75) is 43.8 Å². The minimum atomic E-state index is 0.0310. The lowest BCUT2D eigenvalue weighted by Crippen LogP contribution is -2.48. The summed E-state index contributed by atoms with van der Waals surface area (Å²) in [6, 6.07) is 6.77. The van der Waals surface area contributed by atoms with Crippen molar-refractivity contribution in [1.82, 2.24) is 10.2 Å². The molecule has 1 N–H and O–H groups in total. The van der Waals surface area contributed by atoms with Gasteiger partial charge in [-0.2, -0.15) is 0 Å². The molecule has 120 valence electrons. The Bertz CT molecular complexity index is 527. The van der Waals surface area contributed by atoms with Gasteiger partial charge in [-0.25, -0.2) is 0 Å². The van der Waals surface area contributed by atoms with E-state index in [-0.39, 0.29) is 5.91 Å². The summed E-state index contributed by atoms with van der Waals surface area (Å²) in [5.74, 6) is 1.31. The third-order valence-electron chi connectivity index (χ3n) is 4.91. The minimum absolute atomic E-state index is 0.0310. The molecule has 2 atom stereocenters. The fourth-order valence-electron chi connectivity index (χ4n) is 3.64. The zero-order chi connectivity index (χ0) is 15.7. The topological polar surface area (TPSA) is 50.8 Å². The predicted molar refractivity (Wildman–Crippen MR) is 84.6 cm³/mol. The molecule has 0 spiro atoms. The van der Waals surface area contributed by atoms with Crippen LogP contribution < -0.4 is 14.8 Å². The van der Waals surface area contributed by atoms with Gasteiger partial charge in [-0.05, 0) is 37.8 Å². The molecule has 0 aliphatic carbocycles. The lowest BCUT2D eigenvalue weighted by Gasteiger charge is -2.35. The summed E-state index contributed by atoms with van der Waals surface area (Å²) in [5, 5.41) is 3.61. The molecule has 2 fully saturated rings. The Morgan fingerprint density at radius 3 is 2.14 bits per heavy atom. The van der Waals surface area contributed by atoms with E-state index in [4.69, 9.17) is 9.47 Å². The first-order valence-electron chi connectivity index (χ1n) is 7.87. The van der Waals surface area contributed by atoms with Gasteiger partial charge in [0, 0.05) is 36.8 Å². The fourth-order valence-corrected chi connectivity index (χ4v) is 3.64. The Morgan fingerprint density at radius 1 is 1.09 bits per heavy atom. The van der Waals surface area contributed by atoms with Crippen LogP contribution >= 0.6 is 0 Å². The number of fused-ring (bicyclic) bond motifs is 2. The van der Waals surface area contributed by atoms with Crippen LogP contribution in [0, 0.1) is 0 Å². The number of rotatable bonds is 4. The van der Waals surface area contributed by atoms with E-state index in [9.17, 15) is 4.79 Å². The van der Waals surface area contributed by atoms with Crippen LogP contribution in [0.15, 0.2) is 18.2 Å².